The first kappa shape index (κ1) is 19.4. The molecule has 0 saturated carbocycles. The van der Waals surface area contributed by atoms with Gasteiger partial charge < -0.3 is 10.1 Å². The van der Waals surface area contributed by atoms with Gasteiger partial charge in [-0.15, -0.1) is 11.3 Å². The molecule has 0 fully saturated rings. The summed E-state index contributed by atoms with van der Waals surface area (Å²) in [6.07, 6.45) is 3.47. The van der Waals surface area contributed by atoms with Crippen molar-refractivity contribution in [3.8, 4) is 28.4 Å². The molecule has 0 unspecified atom stereocenters. The van der Waals surface area contributed by atoms with Gasteiger partial charge in [-0.25, -0.2) is 15.0 Å². The van der Waals surface area contributed by atoms with Gasteiger partial charge >= 0.3 is 0 Å². The summed E-state index contributed by atoms with van der Waals surface area (Å²) in [5, 5.41) is 7.58. The summed E-state index contributed by atoms with van der Waals surface area (Å²) in [7, 11) is 1.64. The van der Waals surface area contributed by atoms with Crippen LogP contribution in [0.3, 0.4) is 0 Å². The molecule has 0 aliphatic carbocycles. The van der Waals surface area contributed by atoms with Crippen LogP contribution < -0.4 is 10.1 Å². The number of aromatic nitrogens is 4. The topological polar surface area (TPSA) is 72.8 Å². The van der Waals surface area contributed by atoms with Crippen LogP contribution in [0.15, 0.2) is 72.4 Å². The Bertz CT molecular complexity index is 1370. The van der Waals surface area contributed by atoms with Crippen LogP contribution >= 0.6 is 22.9 Å². The number of fused-ring (bicyclic) bond motifs is 1. The summed E-state index contributed by atoms with van der Waals surface area (Å²) >= 11 is 7.62. The Labute approximate surface area is 187 Å². The molecule has 0 spiro atoms. The van der Waals surface area contributed by atoms with E-state index in [-0.39, 0.29) is 0 Å². The van der Waals surface area contributed by atoms with Crippen molar-refractivity contribution < 1.29 is 4.74 Å². The van der Waals surface area contributed by atoms with Crippen LogP contribution in [0.2, 0.25) is 5.02 Å². The van der Waals surface area contributed by atoms with E-state index >= 15 is 0 Å². The van der Waals surface area contributed by atoms with Crippen LogP contribution in [0.25, 0.3) is 33.5 Å². The lowest BCUT2D eigenvalue weighted by Crippen LogP contribution is -2.00. The van der Waals surface area contributed by atoms with Crippen molar-refractivity contribution in [2.75, 3.05) is 12.4 Å². The minimum Gasteiger partial charge on any atom is -0.497 e. The van der Waals surface area contributed by atoms with E-state index in [2.05, 4.69) is 10.3 Å². The second kappa shape index (κ2) is 8.29. The van der Waals surface area contributed by atoms with Crippen molar-refractivity contribution in [2.45, 2.75) is 0 Å². The Morgan fingerprint density at radius 2 is 1.87 bits per heavy atom. The molecule has 0 radical (unpaired) electrons. The van der Waals surface area contributed by atoms with Crippen molar-refractivity contribution in [3.63, 3.8) is 0 Å². The third-order valence-corrected chi connectivity index (χ3v) is 5.67. The molecule has 0 aliphatic heterocycles. The van der Waals surface area contributed by atoms with Gasteiger partial charge in [0, 0.05) is 39.3 Å². The van der Waals surface area contributed by atoms with Crippen LogP contribution in [0, 0.1) is 0 Å². The average Bonchev–Trinajstić information content (AvgIpc) is 3.28. The average molecular weight is 446 g/mol. The molecule has 0 saturated heterocycles. The fourth-order valence-electron chi connectivity index (χ4n) is 3.17. The Kier molecular flexibility index (Phi) is 5.19. The van der Waals surface area contributed by atoms with E-state index in [0.29, 0.717) is 16.7 Å². The van der Waals surface area contributed by atoms with E-state index in [9.17, 15) is 0 Å². The summed E-state index contributed by atoms with van der Waals surface area (Å²) in [5.41, 5.74) is 3.44. The molecule has 0 bridgehead atoms. The number of anilines is 2. The van der Waals surface area contributed by atoms with Gasteiger partial charge in [0.25, 0.3) is 0 Å². The zero-order valence-electron chi connectivity index (χ0n) is 16.4. The molecule has 3 aromatic heterocycles. The third kappa shape index (κ3) is 4.05. The molecule has 1 N–H and O–H groups in total. The Balaban J connectivity index is 1.58. The van der Waals surface area contributed by atoms with Crippen molar-refractivity contribution >= 4 is 44.8 Å². The van der Waals surface area contributed by atoms with Crippen molar-refractivity contribution in [1.82, 2.24) is 19.9 Å². The molecule has 6 nitrogen and oxygen atoms in total. The number of hydrogen-bond acceptors (Lipinski definition) is 7. The summed E-state index contributed by atoms with van der Waals surface area (Å²) in [5.74, 6) is 1.96. The monoisotopic (exact) mass is 445 g/mol. The van der Waals surface area contributed by atoms with Crippen LogP contribution in [0.5, 0.6) is 5.75 Å². The number of pyridine rings is 1. The molecular weight excluding hydrogens is 430 g/mol. The maximum absolute atomic E-state index is 6.13. The van der Waals surface area contributed by atoms with Gasteiger partial charge in [0.1, 0.15) is 11.6 Å². The summed E-state index contributed by atoms with van der Waals surface area (Å²) in [6.45, 7) is 0. The summed E-state index contributed by atoms with van der Waals surface area (Å²) in [4.78, 5) is 18.4. The number of halogens is 1. The van der Waals surface area contributed by atoms with Gasteiger partial charge in [0.15, 0.2) is 11.0 Å². The molecular formula is C23H16ClN5OS. The molecule has 152 valence electrons. The standard InChI is InChI=1S/C23H16ClN5OS/c1-30-17-7-8-19-18(11-17)22(28-21(26-19)15-5-3-9-25-12-15)29-23-27-20(13-31-23)14-4-2-6-16(24)10-14/h2-13H,1H3,(H,26,27,28,29). The van der Waals surface area contributed by atoms with Crippen molar-refractivity contribution in [2.24, 2.45) is 0 Å². The van der Waals surface area contributed by atoms with Gasteiger partial charge in [-0.1, -0.05) is 23.7 Å². The molecule has 8 heteroatoms. The lowest BCUT2D eigenvalue weighted by Gasteiger charge is -2.10. The summed E-state index contributed by atoms with van der Waals surface area (Å²) < 4.78 is 5.40. The van der Waals surface area contributed by atoms with Gasteiger partial charge in [-0.3, -0.25) is 4.98 Å². The predicted octanol–water partition coefficient (Wildman–Crippen LogP) is 6.22. The minimum absolute atomic E-state index is 0.583. The van der Waals surface area contributed by atoms with Crippen molar-refractivity contribution in [3.05, 3.63) is 77.4 Å². The quantitative estimate of drug-likeness (QED) is 0.346. The smallest absolute Gasteiger partial charge is 0.188 e. The number of hydrogen-bond donors (Lipinski definition) is 1. The van der Waals surface area contributed by atoms with E-state index in [0.717, 1.165) is 38.6 Å². The maximum Gasteiger partial charge on any atom is 0.188 e. The van der Waals surface area contributed by atoms with E-state index in [1.54, 1.807) is 19.5 Å². The second-order valence-corrected chi connectivity index (χ2v) is 7.99. The Morgan fingerprint density at radius 3 is 2.68 bits per heavy atom. The van der Waals surface area contributed by atoms with Gasteiger partial charge in [0.05, 0.1) is 18.3 Å². The molecule has 5 rings (SSSR count). The predicted molar refractivity (Wildman–Crippen MR) is 125 cm³/mol. The maximum atomic E-state index is 6.13. The van der Waals surface area contributed by atoms with Gasteiger partial charge in [-0.2, -0.15) is 0 Å². The number of nitrogens with zero attached hydrogens (tertiary/aromatic N) is 4. The number of nitrogens with one attached hydrogen (secondary N) is 1. The molecule has 3 heterocycles. The van der Waals surface area contributed by atoms with E-state index in [1.807, 2.05) is 60.0 Å². The largest absolute Gasteiger partial charge is 0.497 e. The molecule has 5 aromatic rings. The van der Waals surface area contributed by atoms with Crippen LogP contribution in [0.1, 0.15) is 0 Å². The molecule has 0 amide bonds. The SMILES string of the molecule is COc1ccc2nc(-c3cccnc3)nc(Nc3nc(-c4cccc(Cl)c4)cs3)c2c1. The zero-order chi connectivity index (χ0) is 21.2. The van der Waals surface area contributed by atoms with Crippen molar-refractivity contribution in [1.29, 1.82) is 0 Å². The van der Waals surface area contributed by atoms with E-state index in [4.69, 9.17) is 31.3 Å². The van der Waals surface area contributed by atoms with E-state index in [1.165, 1.54) is 11.3 Å². The first-order valence-electron chi connectivity index (χ1n) is 9.44. The highest BCUT2D eigenvalue weighted by atomic mass is 35.5. The molecule has 0 aliphatic rings. The minimum atomic E-state index is 0.583. The molecule has 0 atom stereocenters. The Morgan fingerprint density at radius 1 is 0.968 bits per heavy atom. The van der Waals surface area contributed by atoms with Gasteiger partial charge in [0.2, 0.25) is 0 Å². The lowest BCUT2D eigenvalue weighted by atomic mass is 10.2. The molecule has 31 heavy (non-hydrogen) atoms. The highest BCUT2D eigenvalue weighted by Crippen LogP contribution is 2.32. The van der Waals surface area contributed by atoms with Crippen LogP contribution in [-0.2, 0) is 0 Å². The first-order valence-corrected chi connectivity index (χ1v) is 10.7. The fraction of sp³-hybridized carbons (Fsp3) is 0.0435. The number of thiazole rings is 1. The molecule has 2 aromatic carbocycles. The van der Waals surface area contributed by atoms with E-state index < -0.39 is 0 Å². The number of ether oxygens (including phenoxy) is 1. The fourth-order valence-corrected chi connectivity index (χ4v) is 4.08. The highest BCUT2D eigenvalue weighted by Gasteiger charge is 2.13. The summed E-state index contributed by atoms with van der Waals surface area (Å²) in [6, 6.07) is 17.1. The van der Waals surface area contributed by atoms with Crippen LogP contribution in [-0.4, -0.2) is 27.0 Å². The number of rotatable bonds is 5. The second-order valence-electron chi connectivity index (χ2n) is 6.69. The zero-order valence-corrected chi connectivity index (χ0v) is 18.0. The normalized spacial score (nSPS) is 10.9. The third-order valence-electron chi connectivity index (χ3n) is 4.67. The lowest BCUT2D eigenvalue weighted by molar-refractivity contribution is 0.415. The van der Waals surface area contributed by atoms with Crippen LogP contribution in [0.4, 0.5) is 10.9 Å². The highest BCUT2D eigenvalue weighted by molar-refractivity contribution is 7.14. The number of methoxy groups -OCH3 is 1. The number of benzene rings is 2. The Hall–Kier alpha value is -3.55. The van der Waals surface area contributed by atoms with Gasteiger partial charge in [-0.05, 0) is 42.5 Å². The first-order chi connectivity index (χ1) is 15.2.